The van der Waals surface area contributed by atoms with E-state index < -0.39 is 12.0 Å². The molecule has 0 saturated heterocycles. The number of carbonyl (C=O) groups is 1. The van der Waals surface area contributed by atoms with E-state index in [4.69, 9.17) is 19.3 Å². The highest BCUT2D eigenvalue weighted by Crippen LogP contribution is 2.31. The maximum atomic E-state index is 10.9. The fraction of sp³-hybridized carbons (Fsp3) is 0.467. The summed E-state index contributed by atoms with van der Waals surface area (Å²) in [6.45, 7) is 1.83. The van der Waals surface area contributed by atoms with Gasteiger partial charge in [0.2, 0.25) is 0 Å². The zero-order valence-electron chi connectivity index (χ0n) is 12.7. The van der Waals surface area contributed by atoms with Crippen LogP contribution in [0.1, 0.15) is 5.56 Å². The molecule has 1 aliphatic rings. The summed E-state index contributed by atoms with van der Waals surface area (Å²) in [5, 5.41) is 19.6. The van der Waals surface area contributed by atoms with Crippen LogP contribution in [0, 0.1) is 0 Å². The Balaban J connectivity index is 1.88. The number of phenolic OH excluding ortho intramolecular Hbond substituents is 1. The molecule has 1 atom stereocenters. The lowest BCUT2D eigenvalue weighted by molar-refractivity contribution is -0.137. The van der Waals surface area contributed by atoms with Crippen LogP contribution in [-0.2, 0) is 14.3 Å². The van der Waals surface area contributed by atoms with E-state index in [0.29, 0.717) is 48.5 Å². The highest BCUT2D eigenvalue weighted by molar-refractivity contribution is 8.14. The van der Waals surface area contributed by atoms with Gasteiger partial charge in [-0.05, 0) is 12.1 Å². The van der Waals surface area contributed by atoms with Crippen molar-refractivity contribution >= 4 is 22.8 Å². The van der Waals surface area contributed by atoms with Gasteiger partial charge in [0.15, 0.2) is 6.04 Å². The average Bonchev–Trinajstić information content (AvgIpc) is 3.01. The molecule has 0 unspecified atom stereocenters. The predicted molar refractivity (Wildman–Crippen MR) is 86.7 cm³/mol. The Labute approximate surface area is 138 Å². The first-order valence-corrected chi connectivity index (χ1v) is 8.06. The number of rotatable bonds is 9. The second kappa shape index (κ2) is 8.76. The number of benzene rings is 1. The number of aliphatic carboxylic acids is 1. The molecule has 0 aliphatic carbocycles. The van der Waals surface area contributed by atoms with E-state index in [-0.39, 0.29) is 5.75 Å². The van der Waals surface area contributed by atoms with Crippen LogP contribution in [0.4, 0.5) is 0 Å². The first-order chi connectivity index (χ1) is 11.1. The zero-order valence-corrected chi connectivity index (χ0v) is 13.5. The molecule has 1 aliphatic heterocycles. The maximum absolute atomic E-state index is 10.9. The Morgan fingerprint density at radius 2 is 2.13 bits per heavy atom. The van der Waals surface area contributed by atoms with Crippen LogP contribution in [0.2, 0.25) is 0 Å². The van der Waals surface area contributed by atoms with Gasteiger partial charge in [-0.15, -0.1) is 11.8 Å². The minimum atomic E-state index is -0.958. The molecule has 0 aromatic heterocycles. The van der Waals surface area contributed by atoms with Gasteiger partial charge in [0.25, 0.3) is 0 Å². The maximum Gasteiger partial charge on any atom is 0.329 e. The summed E-state index contributed by atoms with van der Waals surface area (Å²) in [7, 11) is 1.61. The van der Waals surface area contributed by atoms with E-state index in [1.165, 1.54) is 17.8 Å². The predicted octanol–water partition coefficient (Wildman–Crippen LogP) is 1.38. The second-order valence-electron chi connectivity index (χ2n) is 4.73. The topological polar surface area (TPSA) is 97.6 Å². The molecule has 0 bridgehead atoms. The number of methoxy groups -OCH3 is 1. The summed E-state index contributed by atoms with van der Waals surface area (Å²) in [5.74, 6) is -0.0539. The SMILES string of the molecule is COCCOCCOc1ccc(C2=N[C@@H](C(=O)O)CS2)c(O)c1. The number of hydrogen-bond acceptors (Lipinski definition) is 7. The van der Waals surface area contributed by atoms with Crippen LogP contribution in [0.25, 0.3) is 0 Å². The van der Waals surface area contributed by atoms with E-state index in [1.54, 1.807) is 19.2 Å². The lowest BCUT2D eigenvalue weighted by Crippen LogP contribution is -2.17. The molecule has 1 heterocycles. The van der Waals surface area contributed by atoms with Gasteiger partial charge in [0, 0.05) is 24.5 Å². The third-order valence-electron chi connectivity index (χ3n) is 3.06. The molecule has 1 aromatic rings. The van der Waals surface area contributed by atoms with Crippen molar-refractivity contribution in [2.45, 2.75) is 6.04 Å². The van der Waals surface area contributed by atoms with Crippen molar-refractivity contribution in [1.29, 1.82) is 0 Å². The Hall–Kier alpha value is -1.77. The van der Waals surface area contributed by atoms with Crippen molar-refractivity contribution in [2.24, 2.45) is 4.99 Å². The summed E-state index contributed by atoms with van der Waals surface area (Å²) < 4.78 is 15.6. The summed E-state index contributed by atoms with van der Waals surface area (Å²) in [6.07, 6.45) is 0. The van der Waals surface area contributed by atoms with Gasteiger partial charge < -0.3 is 24.4 Å². The monoisotopic (exact) mass is 341 g/mol. The third kappa shape index (κ3) is 5.12. The van der Waals surface area contributed by atoms with Crippen LogP contribution in [0.5, 0.6) is 11.5 Å². The normalized spacial score (nSPS) is 17.1. The largest absolute Gasteiger partial charge is 0.507 e. The standard InChI is InChI=1S/C15H19NO6S/c1-20-4-5-21-6-7-22-10-2-3-11(13(17)8-10)14-16-12(9-23-14)15(18)19/h2-3,8,12,17H,4-7,9H2,1H3,(H,18,19)/t12-/m1/s1. The minimum absolute atomic E-state index is 0.0140. The molecule has 0 saturated carbocycles. The molecule has 1 aromatic carbocycles. The number of nitrogens with zero attached hydrogens (tertiary/aromatic N) is 1. The summed E-state index contributed by atoms with van der Waals surface area (Å²) >= 11 is 1.32. The number of thioether (sulfide) groups is 1. The lowest BCUT2D eigenvalue weighted by Gasteiger charge is -2.09. The summed E-state index contributed by atoms with van der Waals surface area (Å²) in [4.78, 5) is 15.0. The molecule has 8 heteroatoms. The average molecular weight is 341 g/mol. The van der Waals surface area contributed by atoms with E-state index >= 15 is 0 Å². The van der Waals surface area contributed by atoms with Crippen molar-refractivity contribution in [2.75, 3.05) is 39.3 Å². The number of phenols is 1. The third-order valence-corrected chi connectivity index (χ3v) is 4.15. The molecule has 2 N–H and O–H groups in total. The molecule has 0 amide bonds. The molecule has 126 valence electrons. The number of aliphatic imine (C=N–C) groups is 1. The van der Waals surface area contributed by atoms with Crippen molar-refractivity contribution < 1.29 is 29.2 Å². The fourth-order valence-corrected chi connectivity index (χ4v) is 2.96. The quantitative estimate of drug-likeness (QED) is 0.655. The Kier molecular flexibility index (Phi) is 6.69. The fourth-order valence-electron chi connectivity index (χ4n) is 1.89. The molecular weight excluding hydrogens is 322 g/mol. The first-order valence-electron chi connectivity index (χ1n) is 7.08. The van der Waals surface area contributed by atoms with E-state index in [2.05, 4.69) is 4.99 Å². The molecular formula is C15H19NO6S. The highest BCUT2D eigenvalue weighted by Gasteiger charge is 2.26. The van der Waals surface area contributed by atoms with Crippen LogP contribution >= 0.6 is 11.8 Å². The summed E-state index contributed by atoms with van der Waals surface area (Å²) in [5.41, 5.74) is 0.516. The van der Waals surface area contributed by atoms with E-state index in [9.17, 15) is 9.90 Å². The Morgan fingerprint density at radius 3 is 2.78 bits per heavy atom. The van der Waals surface area contributed by atoms with Gasteiger partial charge in [-0.1, -0.05) is 0 Å². The molecule has 23 heavy (non-hydrogen) atoms. The Bertz CT molecular complexity index is 577. The lowest BCUT2D eigenvalue weighted by atomic mass is 10.2. The molecule has 0 radical (unpaired) electrons. The smallest absolute Gasteiger partial charge is 0.329 e. The highest BCUT2D eigenvalue weighted by atomic mass is 32.2. The van der Waals surface area contributed by atoms with Crippen molar-refractivity contribution in [3.63, 3.8) is 0 Å². The van der Waals surface area contributed by atoms with Gasteiger partial charge in [0.05, 0.1) is 19.8 Å². The van der Waals surface area contributed by atoms with Gasteiger partial charge >= 0.3 is 5.97 Å². The number of ether oxygens (including phenoxy) is 3. The molecule has 0 spiro atoms. The number of hydrogen-bond donors (Lipinski definition) is 2. The van der Waals surface area contributed by atoms with E-state index in [0.717, 1.165) is 0 Å². The molecule has 7 nitrogen and oxygen atoms in total. The van der Waals surface area contributed by atoms with Crippen molar-refractivity contribution in [3.8, 4) is 11.5 Å². The van der Waals surface area contributed by atoms with Gasteiger partial charge in [0.1, 0.15) is 23.1 Å². The van der Waals surface area contributed by atoms with Gasteiger partial charge in [-0.25, -0.2) is 4.79 Å². The zero-order chi connectivity index (χ0) is 16.7. The van der Waals surface area contributed by atoms with Crippen LogP contribution in [0.15, 0.2) is 23.2 Å². The van der Waals surface area contributed by atoms with Gasteiger partial charge in [-0.2, -0.15) is 0 Å². The van der Waals surface area contributed by atoms with Gasteiger partial charge in [-0.3, -0.25) is 4.99 Å². The number of carboxylic acids is 1. The van der Waals surface area contributed by atoms with Crippen molar-refractivity contribution in [3.05, 3.63) is 23.8 Å². The molecule has 0 fully saturated rings. The molecule has 2 rings (SSSR count). The second-order valence-corrected chi connectivity index (χ2v) is 5.74. The summed E-state index contributed by atoms with van der Waals surface area (Å²) in [6, 6.07) is 4.12. The van der Waals surface area contributed by atoms with Crippen LogP contribution in [-0.4, -0.2) is 66.6 Å². The minimum Gasteiger partial charge on any atom is -0.507 e. The van der Waals surface area contributed by atoms with Crippen LogP contribution in [0.3, 0.4) is 0 Å². The number of carboxylic acid groups (broad SMARTS) is 1. The van der Waals surface area contributed by atoms with Crippen LogP contribution < -0.4 is 4.74 Å². The first kappa shape index (κ1) is 17.6. The van der Waals surface area contributed by atoms with Crippen molar-refractivity contribution in [1.82, 2.24) is 0 Å². The Morgan fingerprint density at radius 1 is 1.35 bits per heavy atom. The number of aromatic hydroxyl groups is 1. The van der Waals surface area contributed by atoms with E-state index in [1.807, 2.05) is 0 Å².